The fraction of sp³-hybridized carbons (Fsp3) is 0.412. The molecule has 3 rings (SSSR count). The highest BCUT2D eigenvalue weighted by atomic mass is 16.3. The van der Waals surface area contributed by atoms with E-state index in [9.17, 15) is 5.11 Å². The highest BCUT2D eigenvalue weighted by Gasteiger charge is 2.33. The molecule has 1 saturated heterocycles. The van der Waals surface area contributed by atoms with Gasteiger partial charge in [0.1, 0.15) is 0 Å². The van der Waals surface area contributed by atoms with E-state index in [2.05, 4.69) is 60.4 Å². The van der Waals surface area contributed by atoms with E-state index in [0.717, 1.165) is 19.5 Å². The van der Waals surface area contributed by atoms with Crippen LogP contribution in [-0.2, 0) is 0 Å². The van der Waals surface area contributed by atoms with E-state index in [4.69, 9.17) is 0 Å². The molecular formula is C17H21NO. The van der Waals surface area contributed by atoms with Crippen LogP contribution in [0.1, 0.15) is 24.9 Å². The van der Waals surface area contributed by atoms with E-state index in [1.165, 1.54) is 11.1 Å². The van der Waals surface area contributed by atoms with Gasteiger partial charge in [-0.25, -0.2) is 0 Å². The molecule has 0 amide bonds. The minimum Gasteiger partial charge on any atom is -0.390 e. The van der Waals surface area contributed by atoms with E-state index in [0.29, 0.717) is 12.0 Å². The Hall–Kier alpha value is -1.38. The number of nitrogens with zero attached hydrogens (tertiary/aromatic N) is 1. The first-order valence-corrected chi connectivity index (χ1v) is 7.09. The van der Waals surface area contributed by atoms with Gasteiger partial charge in [0.15, 0.2) is 0 Å². The number of hydrogen-bond donors (Lipinski definition) is 1. The monoisotopic (exact) mass is 255 g/mol. The Morgan fingerprint density at radius 2 is 1.95 bits per heavy atom. The van der Waals surface area contributed by atoms with Gasteiger partial charge in [0.25, 0.3) is 0 Å². The van der Waals surface area contributed by atoms with E-state index >= 15 is 0 Å². The lowest BCUT2D eigenvalue weighted by Crippen LogP contribution is -2.52. The van der Waals surface area contributed by atoms with Crippen LogP contribution in [0.2, 0.25) is 0 Å². The van der Waals surface area contributed by atoms with Gasteiger partial charge in [0.05, 0.1) is 12.1 Å². The molecule has 1 aliphatic heterocycles. The summed E-state index contributed by atoms with van der Waals surface area (Å²) in [5, 5.41) is 9.58. The van der Waals surface area contributed by atoms with E-state index in [-0.39, 0.29) is 6.10 Å². The van der Waals surface area contributed by atoms with Gasteiger partial charge in [-0.3, -0.25) is 4.90 Å². The zero-order valence-electron chi connectivity index (χ0n) is 11.4. The fourth-order valence-electron chi connectivity index (χ4n) is 2.89. The van der Waals surface area contributed by atoms with Crippen molar-refractivity contribution in [3.63, 3.8) is 0 Å². The summed E-state index contributed by atoms with van der Waals surface area (Å²) >= 11 is 0. The number of likely N-dealkylation sites (tertiary alicyclic amines) is 1. The van der Waals surface area contributed by atoms with Crippen molar-refractivity contribution < 1.29 is 5.11 Å². The second-order valence-corrected chi connectivity index (χ2v) is 5.70. The molecule has 1 aliphatic carbocycles. The summed E-state index contributed by atoms with van der Waals surface area (Å²) in [6.07, 6.45) is 7.87. The molecule has 1 N–H and O–H groups in total. The molecule has 2 unspecified atom stereocenters. The molecule has 0 aromatic heterocycles. The Kier molecular flexibility index (Phi) is 3.54. The van der Waals surface area contributed by atoms with Crippen LogP contribution in [0.25, 0.3) is 0 Å². The third kappa shape index (κ3) is 2.65. The molecule has 1 fully saturated rings. The maximum Gasteiger partial charge on any atom is 0.0794 e. The van der Waals surface area contributed by atoms with Crippen molar-refractivity contribution in [2.45, 2.75) is 25.5 Å². The Bertz CT molecular complexity index is 485. The second-order valence-electron chi connectivity index (χ2n) is 5.70. The number of aliphatic hydroxyl groups excluding tert-OH is 1. The van der Waals surface area contributed by atoms with E-state index < -0.39 is 0 Å². The minimum atomic E-state index is -0.154. The lowest BCUT2D eigenvalue weighted by atomic mass is 9.88. The van der Waals surface area contributed by atoms with Crippen molar-refractivity contribution in [1.29, 1.82) is 0 Å². The van der Waals surface area contributed by atoms with Crippen molar-refractivity contribution in [2.24, 2.45) is 5.92 Å². The first-order chi connectivity index (χ1) is 9.24. The first-order valence-electron chi connectivity index (χ1n) is 7.09. The van der Waals surface area contributed by atoms with Crippen LogP contribution in [0.3, 0.4) is 0 Å². The summed E-state index contributed by atoms with van der Waals surface area (Å²) in [5.41, 5.74) is 2.69. The predicted molar refractivity (Wildman–Crippen MR) is 77.8 cm³/mol. The molecule has 0 bridgehead atoms. The minimum absolute atomic E-state index is 0.154. The van der Waals surface area contributed by atoms with Crippen LogP contribution < -0.4 is 0 Å². The lowest BCUT2D eigenvalue weighted by Gasteiger charge is -2.43. The topological polar surface area (TPSA) is 23.5 Å². The predicted octanol–water partition coefficient (Wildman–Crippen LogP) is 2.93. The van der Waals surface area contributed by atoms with Gasteiger partial charge in [-0.15, -0.1) is 0 Å². The van der Waals surface area contributed by atoms with Crippen molar-refractivity contribution in [3.05, 3.63) is 59.7 Å². The Morgan fingerprint density at radius 3 is 2.53 bits per heavy atom. The van der Waals surface area contributed by atoms with Gasteiger partial charge in [-0.2, -0.15) is 0 Å². The highest BCUT2D eigenvalue weighted by Crippen LogP contribution is 2.35. The van der Waals surface area contributed by atoms with Crippen LogP contribution in [0.15, 0.2) is 54.1 Å². The molecule has 2 aliphatic rings. The average Bonchev–Trinajstić information content (AvgIpc) is 2.40. The molecule has 2 atom stereocenters. The van der Waals surface area contributed by atoms with Gasteiger partial charge < -0.3 is 5.11 Å². The third-order valence-electron chi connectivity index (χ3n) is 4.03. The summed E-state index contributed by atoms with van der Waals surface area (Å²) in [5.74, 6) is 0.641. The van der Waals surface area contributed by atoms with Crippen molar-refractivity contribution >= 4 is 0 Å². The summed E-state index contributed by atoms with van der Waals surface area (Å²) in [6.45, 7) is 3.80. The molecule has 1 heterocycles. The summed E-state index contributed by atoms with van der Waals surface area (Å²) in [6, 6.07) is 10.9. The molecule has 0 saturated carbocycles. The normalized spacial score (nSPS) is 25.8. The first kappa shape index (κ1) is 12.6. The summed E-state index contributed by atoms with van der Waals surface area (Å²) in [7, 11) is 0. The van der Waals surface area contributed by atoms with Gasteiger partial charge in [-0.05, 0) is 23.5 Å². The molecule has 1 aromatic rings. The van der Waals surface area contributed by atoms with E-state index in [1.807, 2.05) is 0 Å². The Labute approximate surface area is 115 Å². The lowest BCUT2D eigenvalue weighted by molar-refractivity contribution is -0.0163. The van der Waals surface area contributed by atoms with Crippen molar-refractivity contribution in [3.8, 4) is 0 Å². The quantitative estimate of drug-likeness (QED) is 0.897. The standard InChI is InChI=1S/C17H21NO/c1-13-7-9-15(10-8-13)17(18-11-16(19)12-18)14-5-3-2-4-6-14/h2-7,9-10,13,16-17,19H,8,11-12H2,1H3. The molecule has 2 heteroatoms. The van der Waals surface area contributed by atoms with Crippen LogP contribution in [0.4, 0.5) is 0 Å². The zero-order chi connectivity index (χ0) is 13.2. The SMILES string of the molecule is CC1C=CC(C(c2ccccc2)N2CC(O)C2)=CC1. The number of allylic oxidation sites excluding steroid dienone is 2. The van der Waals surface area contributed by atoms with Crippen molar-refractivity contribution in [2.75, 3.05) is 13.1 Å². The van der Waals surface area contributed by atoms with E-state index in [1.54, 1.807) is 0 Å². The highest BCUT2D eigenvalue weighted by molar-refractivity contribution is 5.37. The van der Waals surface area contributed by atoms with Crippen LogP contribution >= 0.6 is 0 Å². The second kappa shape index (κ2) is 5.32. The van der Waals surface area contributed by atoms with Crippen molar-refractivity contribution in [1.82, 2.24) is 4.90 Å². The Balaban J connectivity index is 1.87. The van der Waals surface area contributed by atoms with Gasteiger partial charge in [0.2, 0.25) is 0 Å². The molecular weight excluding hydrogens is 234 g/mol. The number of hydrogen-bond acceptors (Lipinski definition) is 2. The molecule has 100 valence electrons. The molecule has 1 aromatic carbocycles. The molecule has 2 nitrogen and oxygen atoms in total. The average molecular weight is 255 g/mol. The zero-order valence-corrected chi connectivity index (χ0v) is 11.4. The van der Waals surface area contributed by atoms with Crippen LogP contribution in [-0.4, -0.2) is 29.2 Å². The maximum absolute atomic E-state index is 9.58. The summed E-state index contributed by atoms with van der Waals surface area (Å²) < 4.78 is 0. The van der Waals surface area contributed by atoms with Gasteiger partial charge in [0, 0.05) is 13.1 Å². The Morgan fingerprint density at radius 1 is 1.21 bits per heavy atom. The molecule has 0 spiro atoms. The number of β-amino-alcohol motifs (C(OH)–C–C–N with tert-alkyl or cyclic N) is 1. The van der Waals surface area contributed by atoms with Crippen LogP contribution in [0.5, 0.6) is 0 Å². The number of aliphatic hydroxyl groups is 1. The summed E-state index contributed by atoms with van der Waals surface area (Å²) in [4.78, 5) is 2.35. The third-order valence-corrected chi connectivity index (χ3v) is 4.03. The largest absolute Gasteiger partial charge is 0.390 e. The number of benzene rings is 1. The van der Waals surface area contributed by atoms with Crippen LogP contribution in [0, 0.1) is 5.92 Å². The van der Waals surface area contributed by atoms with Gasteiger partial charge in [-0.1, -0.05) is 55.5 Å². The number of rotatable bonds is 3. The molecule has 0 radical (unpaired) electrons. The maximum atomic E-state index is 9.58. The molecule has 19 heavy (non-hydrogen) atoms. The fourth-order valence-corrected chi connectivity index (χ4v) is 2.89. The smallest absolute Gasteiger partial charge is 0.0794 e. The van der Waals surface area contributed by atoms with Gasteiger partial charge >= 0.3 is 0 Å².